The first-order valence-electron chi connectivity index (χ1n) is 10.8. The van der Waals surface area contributed by atoms with Crippen LogP contribution < -0.4 is 0 Å². The molecule has 0 saturated carbocycles. The van der Waals surface area contributed by atoms with Crippen LogP contribution in [-0.4, -0.2) is 50.9 Å². The average molecular weight is 393 g/mol. The smallest absolute Gasteiger partial charge is 0.230 e. The van der Waals surface area contributed by atoms with Crippen molar-refractivity contribution in [1.29, 1.82) is 0 Å². The third kappa shape index (κ3) is 4.01. The van der Waals surface area contributed by atoms with Gasteiger partial charge in [-0.3, -0.25) is 9.69 Å². The maximum atomic E-state index is 13.6. The van der Waals surface area contributed by atoms with E-state index in [0.29, 0.717) is 12.5 Å². The van der Waals surface area contributed by atoms with Gasteiger partial charge >= 0.3 is 0 Å². The minimum absolute atomic E-state index is 0.237. The van der Waals surface area contributed by atoms with Gasteiger partial charge in [0.1, 0.15) is 5.82 Å². The van der Waals surface area contributed by atoms with Crippen LogP contribution in [-0.2, 0) is 18.4 Å². The van der Waals surface area contributed by atoms with E-state index in [-0.39, 0.29) is 11.5 Å². The second kappa shape index (κ2) is 8.54. The first-order valence-corrected chi connectivity index (χ1v) is 10.8. The van der Waals surface area contributed by atoms with Crippen molar-refractivity contribution in [2.75, 3.05) is 19.6 Å². The molecule has 2 fully saturated rings. The lowest BCUT2D eigenvalue weighted by Crippen LogP contribution is -2.60. The van der Waals surface area contributed by atoms with E-state index in [0.717, 1.165) is 51.1 Å². The van der Waals surface area contributed by atoms with E-state index in [1.807, 2.05) is 37.6 Å². The van der Waals surface area contributed by atoms with Gasteiger partial charge in [-0.2, -0.15) is 0 Å². The van der Waals surface area contributed by atoms with Gasteiger partial charge in [0, 0.05) is 38.6 Å². The first-order chi connectivity index (χ1) is 14.1. The summed E-state index contributed by atoms with van der Waals surface area (Å²) in [5.74, 6) is 1.42. The normalized spacial score (nSPS) is 25.9. The van der Waals surface area contributed by atoms with Crippen LogP contribution in [0, 0.1) is 5.41 Å². The summed E-state index contributed by atoms with van der Waals surface area (Å²) in [7, 11) is 2.04. The third-order valence-corrected chi connectivity index (χ3v) is 6.88. The fourth-order valence-electron chi connectivity index (χ4n) is 5.08. The number of hydrogen-bond acceptors (Lipinski definition) is 3. The summed E-state index contributed by atoms with van der Waals surface area (Å²) in [4.78, 5) is 22.7. The molecule has 1 spiro atoms. The highest BCUT2D eigenvalue weighted by Crippen LogP contribution is 2.44. The van der Waals surface area contributed by atoms with Gasteiger partial charge in [-0.05, 0) is 44.7 Å². The fourth-order valence-corrected chi connectivity index (χ4v) is 5.08. The van der Waals surface area contributed by atoms with E-state index in [2.05, 4.69) is 50.6 Å². The van der Waals surface area contributed by atoms with Gasteiger partial charge in [0.15, 0.2) is 0 Å². The first kappa shape index (κ1) is 19.9. The van der Waals surface area contributed by atoms with E-state index in [9.17, 15) is 4.79 Å². The zero-order chi connectivity index (χ0) is 20.3. The standard InChI is InChI=1S/C24H32N4O/c1-20-24(13-8-17-28(20)19-22-25-14-18-26(22)2)12-7-16-27(23(24)29)15-6-11-21-9-4-3-5-10-21/h3-6,9-11,14,18,20H,7-8,12-13,15-17,19H2,1-2H3/t20-,24-/m0/s1. The van der Waals surface area contributed by atoms with Gasteiger partial charge in [0.05, 0.1) is 12.0 Å². The molecule has 0 unspecified atom stereocenters. The van der Waals surface area contributed by atoms with Crippen molar-refractivity contribution in [2.24, 2.45) is 12.5 Å². The lowest BCUT2D eigenvalue weighted by Gasteiger charge is -2.51. The Morgan fingerprint density at radius 3 is 2.66 bits per heavy atom. The number of likely N-dealkylation sites (tertiary alicyclic amines) is 2. The van der Waals surface area contributed by atoms with E-state index in [1.54, 1.807) is 0 Å². The number of carbonyl (C=O) groups is 1. The lowest BCUT2D eigenvalue weighted by atomic mass is 9.67. The molecule has 5 heteroatoms. The molecule has 2 atom stereocenters. The number of piperidine rings is 2. The Morgan fingerprint density at radius 1 is 1.17 bits per heavy atom. The number of carbonyl (C=O) groups excluding carboxylic acids is 1. The van der Waals surface area contributed by atoms with Crippen LogP contribution in [0.1, 0.15) is 44.0 Å². The van der Waals surface area contributed by atoms with E-state index >= 15 is 0 Å². The molecular formula is C24H32N4O. The van der Waals surface area contributed by atoms with E-state index in [4.69, 9.17) is 0 Å². The quantitative estimate of drug-likeness (QED) is 0.779. The monoisotopic (exact) mass is 392 g/mol. The summed E-state index contributed by atoms with van der Waals surface area (Å²) in [6.07, 6.45) is 12.3. The van der Waals surface area contributed by atoms with Crippen LogP contribution in [0.3, 0.4) is 0 Å². The Hall–Kier alpha value is -2.40. The van der Waals surface area contributed by atoms with Crippen LogP contribution >= 0.6 is 0 Å². The summed E-state index contributed by atoms with van der Waals surface area (Å²) in [6.45, 7) is 5.67. The Morgan fingerprint density at radius 2 is 1.93 bits per heavy atom. The Labute approximate surface area is 174 Å². The minimum Gasteiger partial charge on any atom is -0.338 e. The van der Waals surface area contributed by atoms with Crippen molar-refractivity contribution in [3.8, 4) is 0 Å². The van der Waals surface area contributed by atoms with Crippen LogP contribution in [0.15, 0.2) is 48.8 Å². The Bertz CT molecular complexity index is 855. The molecule has 2 aromatic rings. The molecule has 1 amide bonds. The molecule has 0 bridgehead atoms. The number of aromatic nitrogens is 2. The second-order valence-electron chi connectivity index (χ2n) is 8.53. The largest absolute Gasteiger partial charge is 0.338 e. The zero-order valence-corrected chi connectivity index (χ0v) is 17.6. The second-order valence-corrected chi connectivity index (χ2v) is 8.53. The van der Waals surface area contributed by atoms with Gasteiger partial charge in [-0.25, -0.2) is 4.98 Å². The molecule has 0 radical (unpaired) electrons. The molecule has 2 aliphatic rings. The van der Waals surface area contributed by atoms with Crippen molar-refractivity contribution >= 4 is 12.0 Å². The lowest BCUT2D eigenvalue weighted by molar-refractivity contribution is -0.155. The summed E-state index contributed by atoms with van der Waals surface area (Å²) in [6, 6.07) is 10.5. The fraction of sp³-hybridized carbons (Fsp3) is 0.500. The molecule has 154 valence electrons. The molecule has 2 aliphatic heterocycles. The highest BCUT2D eigenvalue weighted by atomic mass is 16.2. The van der Waals surface area contributed by atoms with Gasteiger partial charge < -0.3 is 9.47 Å². The zero-order valence-electron chi connectivity index (χ0n) is 17.6. The van der Waals surface area contributed by atoms with Crippen LogP contribution in [0.25, 0.3) is 6.08 Å². The SMILES string of the molecule is C[C@@H]1N(Cc2nccn2C)CCC[C@@]12CCCN(CC=Cc1ccccc1)C2=O. The molecule has 29 heavy (non-hydrogen) atoms. The van der Waals surface area contributed by atoms with E-state index < -0.39 is 0 Å². The number of benzene rings is 1. The summed E-state index contributed by atoms with van der Waals surface area (Å²) in [5, 5.41) is 0. The van der Waals surface area contributed by atoms with Crippen molar-refractivity contribution < 1.29 is 4.79 Å². The number of rotatable bonds is 5. The average Bonchev–Trinajstić information content (AvgIpc) is 3.14. The van der Waals surface area contributed by atoms with Crippen molar-refractivity contribution in [3.05, 3.63) is 60.2 Å². The minimum atomic E-state index is -0.248. The molecule has 0 N–H and O–H groups in total. The Kier molecular flexibility index (Phi) is 5.86. The number of nitrogens with zero attached hydrogens (tertiary/aromatic N) is 4. The summed E-state index contributed by atoms with van der Waals surface area (Å²) in [5.41, 5.74) is 0.932. The molecule has 5 nitrogen and oxygen atoms in total. The molecule has 1 aromatic carbocycles. The Balaban J connectivity index is 1.46. The third-order valence-electron chi connectivity index (χ3n) is 6.88. The topological polar surface area (TPSA) is 41.4 Å². The van der Waals surface area contributed by atoms with Crippen LogP contribution in [0.4, 0.5) is 0 Å². The number of aryl methyl sites for hydroxylation is 1. The maximum Gasteiger partial charge on any atom is 0.230 e. The van der Waals surface area contributed by atoms with Gasteiger partial charge in [-0.15, -0.1) is 0 Å². The van der Waals surface area contributed by atoms with Gasteiger partial charge in [0.25, 0.3) is 0 Å². The van der Waals surface area contributed by atoms with Crippen molar-refractivity contribution in [2.45, 2.75) is 45.2 Å². The molecule has 4 rings (SSSR count). The predicted octanol–water partition coefficient (Wildman–Crippen LogP) is 3.73. The van der Waals surface area contributed by atoms with E-state index in [1.165, 1.54) is 5.56 Å². The predicted molar refractivity (Wildman–Crippen MR) is 116 cm³/mol. The van der Waals surface area contributed by atoms with Gasteiger partial charge in [-0.1, -0.05) is 42.5 Å². The molecular weight excluding hydrogens is 360 g/mol. The highest BCUT2D eigenvalue weighted by molar-refractivity contribution is 5.84. The number of amides is 1. The number of hydrogen-bond donors (Lipinski definition) is 0. The highest BCUT2D eigenvalue weighted by Gasteiger charge is 2.50. The summed E-state index contributed by atoms with van der Waals surface area (Å²) >= 11 is 0. The van der Waals surface area contributed by atoms with Crippen LogP contribution in [0.5, 0.6) is 0 Å². The van der Waals surface area contributed by atoms with Crippen LogP contribution in [0.2, 0.25) is 0 Å². The maximum absolute atomic E-state index is 13.6. The van der Waals surface area contributed by atoms with Crippen molar-refractivity contribution in [1.82, 2.24) is 19.4 Å². The molecule has 2 saturated heterocycles. The van der Waals surface area contributed by atoms with Crippen molar-refractivity contribution in [3.63, 3.8) is 0 Å². The molecule has 0 aliphatic carbocycles. The molecule has 3 heterocycles. The van der Waals surface area contributed by atoms with Gasteiger partial charge in [0.2, 0.25) is 5.91 Å². The number of imidazole rings is 1. The summed E-state index contributed by atoms with van der Waals surface area (Å²) < 4.78 is 2.08. The molecule has 1 aromatic heterocycles.